The SMILES string of the molecule is c1coc(-c2ccc3nc(-c4ccco4)cn3c2)c1. The molecule has 0 amide bonds. The number of pyridine rings is 1. The van der Waals surface area contributed by atoms with Gasteiger partial charge in [0, 0.05) is 18.0 Å². The van der Waals surface area contributed by atoms with Crippen molar-refractivity contribution in [1.82, 2.24) is 9.38 Å². The van der Waals surface area contributed by atoms with Gasteiger partial charge in [0.25, 0.3) is 0 Å². The number of fused-ring (bicyclic) bond motifs is 1. The molecule has 0 atom stereocenters. The van der Waals surface area contributed by atoms with Crippen molar-refractivity contribution in [3.05, 3.63) is 61.3 Å². The van der Waals surface area contributed by atoms with Gasteiger partial charge in [0.15, 0.2) is 5.76 Å². The van der Waals surface area contributed by atoms with Crippen molar-refractivity contribution in [2.24, 2.45) is 0 Å². The van der Waals surface area contributed by atoms with Gasteiger partial charge in [-0.2, -0.15) is 0 Å². The first kappa shape index (κ1) is 10.2. The topological polar surface area (TPSA) is 43.6 Å². The molecular weight excluding hydrogens is 240 g/mol. The number of nitrogens with zero attached hydrogens (tertiary/aromatic N) is 2. The second-order valence-electron chi connectivity index (χ2n) is 4.26. The van der Waals surface area contributed by atoms with Crippen LogP contribution in [0.25, 0.3) is 28.4 Å². The molecule has 4 nitrogen and oxygen atoms in total. The van der Waals surface area contributed by atoms with E-state index in [2.05, 4.69) is 4.98 Å². The van der Waals surface area contributed by atoms with Crippen LogP contribution in [0.5, 0.6) is 0 Å². The fourth-order valence-corrected chi connectivity index (χ4v) is 2.12. The molecule has 4 heterocycles. The predicted octanol–water partition coefficient (Wildman–Crippen LogP) is 3.85. The maximum atomic E-state index is 5.40. The molecule has 0 saturated carbocycles. The number of hydrogen-bond donors (Lipinski definition) is 0. The van der Waals surface area contributed by atoms with Crippen molar-refractivity contribution in [3.63, 3.8) is 0 Å². The Bertz CT molecular complexity index is 779. The zero-order chi connectivity index (χ0) is 12.7. The molecule has 0 aliphatic carbocycles. The minimum absolute atomic E-state index is 0.767. The van der Waals surface area contributed by atoms with Crippen LogP contribution in [0.3, 0.4) is 0 Å². The van der Waals surface area contributed by atoms with Gasteiger partial charge < -0.3 is 13.2 Å². The van der Waals surface area contributed by atoms with Gasteiger partial charge in [-0.3, -0.25) is 0 Å². The Labute approximate surface area is 108 Å². The lowest BCUT2D eigenvalue weighted by atomic mass is 10.2. The van der Waals surface area contributed by atoms with Gasteiger partial charge in [-0.1, -0.05) is 0 Å². The van der Waals surface area contributed by atoms with Gasteiger partial charge in [-0.25, -0.2) is 4.98 Å². The summed E-state index contributed by atoms with van der Waals surface area (Å²) in [6.45, 7) is 0. The van der Waals surface area contributed by atoms with Gasteiger partial charge in [-0.15, -0.1) is 0 Å². The minimum atomic E-state index is 0.767. The average Bonchev–Trinajstić information content (AvgIpc) is 3.18. The number of rotatable bonds is 2. The molecule has 4 rings (SSSR count). The van der Waals surface area contributed by atoms with Crippen molar-refractivity contribution in [2.45, 2.75) is 0 Å². The molecule has 19 heavy (non-hydrogen) atoms. The molecule has 92 valence electrons. The van der Waals surface area contributed by atoms with Crippen molar-refractivity contribution in [1.29, 1.82) is 0 Å². The molecular formula is C15H10N2O2. The summed E-state index contributed by atoms with van der Waals surface area (Å²) in [6, 6.07) is 11.5. The summed E-state index contributed by atoms with van der Waals surface area (Å²) < 4.78 is 12.7. The maximum Gasteiger partial charge on any atom is 0.153 e. The van der Waals surface area contributed by atoms with E-state index in [1.807, 2.05) is 53.2 Å². The normalized spacial score (nSPS) is 11.2. The van der Waals surface area contributed by atoms with E-state index in [9.17, 15) is 0 Å². The van der Waals surface area contributed by atoms with E-state index in [1.54, 1.807) is 12.5 Å². The van der Waals surface area contributed by atoms with E-state index in [1.165, 1.54) is 0 Å². The lowest BCUT2D eigenvalue weighted by Crippen LogP contribution is -1.83. The fraction of sp³-hybridized carbons (Fsp3) is 0. The zero-order valence-electron chi connectivity index (χ0n) is 9.98. The van der Waals surface area contributed by atoms with E-state index < -0.39 is 0 Å². The molecule has 0 unspecified atom stereocenters. The number of hydrogen-bond acceptors (Lipinski definition) is 3. The maximum absolute atomic E-state index is 5.40. The Kier molecular flexibility index (Phi) is 2.08. The molecule has 0 aromatic carbocycles. The van der Waals surface area contributed by atoms with Crippen LogP contribution in [-0.4, -0.2) is 9.38 Å². The average molecular weight is 250 g/mol. The van der Waals surface area contributed by atoms with E-state index >= 15 is 0 Å². The lowest BCUT2D eigenvalue weighted by Gasteiger charge is -1.97. The van der Waals surface area contributed by atoms with Crippen LogP contribution >= 0.6 is 0 Å². The van der Waals surface area contributed by atoms with Crippen LogP contribution in [-0.2, 0) is 0 Å². The van der Waals surface area contributed by atoms with Crippen LogP contribution in [0.1, 0.15) is 0 Å². The molecule has 4 aromatic heterocycles. The highest BCUT2D eigenvalue weighted by Crippen LogP contribution is 2.23. The number of imidazole rings is 1. The molecule has 0 N–H and O–H groups in total. The third kappa shape index (κ3) is 1.65. The van der Waals surface area contributed by atoms with Crippen LogP contribution < -0.4 is 0 Å². The second-order valence-corrected chi connectivity index (χ2v) is 4.26. The molecule has 0 saturated heterocycles. The molecule has 0 radical (unpaired) electrons. The van der Waals surface area contributed by atoms with Gasteiger partial charge in [0.05, 0.1) is 12.5 Å². The standard InChI is InChI=1S/C15H10N2O2/c1-3-13(18-7-1)11-5-6-15-16-12(10-17(15)9-11)14-4-2-8-19-14/h1-10H. The summed E-state index contributed by atoms with van der Waals surface area (Å²) in [4.78, 5) is 4.52. The number of furan rings is 2. The van der Waals surface area contributed by atoms with Crippen molar-refractivity contribution >= 4 is 5.65 Å². The minimum Gasteiger partial charge on any atom is -0.464 e. The molecule has 4 heteroatoms. The van der Waals surface area contributed by atoms with Crippen LogP contribution in [0.4, 0.5) is 0 Å². The summed E-state index contributed by atoms with van der Waals surface area (Å²) in [5.74, 6) is 1.61. The largest absolute Gasteiger partial charge is 0.464 e. The van der Waals surface area contributed by atoms with Crippen molar-refractivity contribution < 1.29 is 8.83 Å². The molecule has 0 aliphatic rings. The van der Waals surface area contributed by atoms with E-state index in [0.29, 0.717) is 0 Å². The van der Waals surface area contributed by atoms with Gasteiger partial charge in [0.2, 0.25) is 0 Å². The smallest absolute Gasteiger partial charge is 0.153 e. The molecule has 4 aromatic rings. The molecule has 0 aliphatic heterocycles. The second kappa shape index (κ2) is 3.88. The highest BCUT2D eigenvalue weighted by Gasteiger charge is 2.08. The van der Waals surface area contributed by atoms with E-state index in [0.717, 1.165) is 28.4 Å². The Morgan fingerprint density at radius 2 is 1.63 bits per heavy atom. The Hall–Kier alpha value is -2.75. The summed E-state index contributed by atoms with van der Waals surface area (Å²) in [5, 5.41) is 0. The summed E-state index contributed by atoms with van der Waals surface area (Å²) in [6.07, 6.45) is 7.25. The monoisotopic (exact) mass is 250 g/mol. The highest BCUT2D eigenvalue weighted by molar-refractivity contribution is 5.62. The van der Waals surface area contributed by atoms with E-state index in [4.69, 9.17) is 8.83 Å². The first-order chi connectivity index (χ1) is 9.40. The Morgan fingerprint density at radius 1 is 0.842 bits per heavy atom. The highest BCUT2D eigenvalue weighted by atomic mass is 16.3. The lowest BCUT2D eigenvalue weighted by molar-refractivity contribution is 0.580. The van der Waals surface area contributed by atoms with Crippen molar-refractivity contribution in [2.75, 3.05) is 0 Å². The van der Waals surface area contributed by atoms with Gasteiger partial charge in [-0.05, 0) is 36.4 Å². The van der Waals surface area contributed by atoms with Gasteiger partial charge >= 0.3 is 0 Å². The van der Waals surface area contributed by atoms with Gasteiger partial charge in [0.1, 0.15) is 17.1 Å². The number of aromatic nitrogens is 2. The Balaban J connectivity index is 1.86. The van der Waals surface area contributed by atoms with E-state index in [-0.39, 0.29) is 0 Å². The Morgan fingerprint density at radius 3 is 2.37 bits per heavy atom. The van der Waals surface area contributed by atoms with Crippen LogP contribution in [0, 0.1) is 0 Å². The molecule has 0 spiro atoms. The predicted molar refractivity (Wildman–Crippen MR) is 70.6 cm³/mol. The fourth-order valence-electron chi connectivity index (χ4n) is 2.12. The summed E-state index contributed by atoms with van der Waals surface area (Å²) >= 11 is 0. The zero-order valence-corrected chi connectivity index (χ0v) is 9.98. The first-order valence-corrected chi connectivity index (χ1v) is 5.97. The molecule has 0 fully saturated rings. The third-order valence-electron chi connectivity index (χ3n) is 3.03. The molecule has 0 bridgehead atoms. The summed E-state index contributed by atoms with van der Waals surface area (Å²) in [7, 11) is 0. The quantitative estimate of drug-likeness (QED) is 0.542. The van der Waals surface area contributed by atoms with Crippen molar-refractivity contribution in [3.8, 4) is 22.8 Å². The summed E-state index contributed by atoms with van der Waals surface area (Å²) in [5.41, 5.74) is 2.71. The third-order valence-corrected chi connectivity index (χ3v) is 3.03. The first-order valence-electron chi connectivity index (χ1n) is 5.97. The van der Waals surface area contributed by atoms with Crippen LogP contribution in [0.15, 0.2) is 70.2 Å². The van der Waals surface area contributed by atoms with Crippen LogP contribution in [0.2, 0.25) is 0 Å².